The number of pyridine rings is 2. The number of benzene rings is 1. The topological polar surface area (TPSA) is 98.3 Å². The zero-order valence-electron chi connectivity index (χ0n) is 19.6. The second kappa shape index (κ2) is 9.26. The molecule has 1 aliphatic rings. The van der Waals surface area contributed by atoms with E-state index in [2.05, 4.69) is 14.8 Å². The number of likely N-dealkylation sites (N-methyl/N-ethyl adjacent to an activating group) is 1. The first-order valence-electron chi connectivity index (χ1n) is 10.9. The smallest absolute Gasteiger partial charge is 0.387 e. The van der Waals surface area contributed by atoms with Gasteiger partial charge in [-0.25, -0.2) is 0 Å². The standard InChI is InChI=1S/C24H22F2N6O3S/c1-13(32-11-14(15-8-29-30(2)10-15)6-20(23(32)27)35-24(25)26)36-16-4-5-18-17(7-16)22-19(9-28-18)31(3)21(33)12-34-22/h4-11,13,24,27H,12H2,1-3H3. The van der Waals surface area contributed by atoms with Gasteiger partial charge in [0.1, 0.15) is 5.69 Å². The van der Waals surface area contributed by atoms with Crippen molar-refractivity contribution in [2.75, 3.05) is 18.6 Å². The maximum absolute atomic E-state index is 13.1. The molecule has 0 saturated heterocycles. The van der Waals surface area contributed by atoms with Crippen molar-refractivity contribution in [1.82, 2.24) is 19.3 Å². The Morgan fingerprint density at radius 1 is 1.17 bits per heavy atom. The second-order valence-corrected chi connectivity index (χ2v) is 9.63. The number of fused-ring (bicyclic) bond motifs is 3. The van der Waals surface area contributed by atoms with Gasteiger partial charge < -0.3 is 18.9 Å². The molecule has 0 radical (unpaired) electrons. The van der Waals surface area contributed by atoms with Gasteiger partial charge in [-0.2, -0.15) is 13.9 Å². The zero-order valence-corrected chi connectivity index (χ0v) is 20.4. The summed E-state index contributed by atoms with van der Waals surface area (Å²) in [5.41, 5.74) is 2.44. The van der Waals surface area contributed by atoms with Crippen LogP contribution in [0.15, 0.2) is 53.9 Å². The van der Waals surface area contributed by atoms with Gasteiger partial charge in [0.05, 0.1) is 23.3 Å². The van der Waals surface area contributed by atoms with Crippen LogP contribution in [0.2, 0.25) is 0 Å². The molecule has 1 aliphatic heterocycles. The number of nitrogens with one attached hydrogen (secondary N) is 1. The predicted octanol–water partition coefficient (Wildman–Crippen LogP) is 4.18. The van der Waals surface area contributed by atoms with Crippen LogP contribution < -0.4 is 19.9 Å². The molecule has 1 N–H and O–H groups in total. The van der Waals surface area contributed by atoms with Crippen molar-refractivity contribution in [1.29, 1.82) is 5.41 Å². The van der Waals surface area contributed by atoms with Crippen molar-refractivity contribution >= 4 is 34.3 Å². The monoisotopic (exact) mass is 512 g/mol. The number of anilines is 1. The molecule has 1 amide bonds. The number of aromatic nitrogens is 4. The third kappa shape index (κ3) is 4.39. The van der Waals surface area contributed by atoms with Gasteiger partial charge in [0.15, 0.2) is 23.6 Å². The largest absolute Gasteiger partial charge is 0.481 e. The van der Waals surface area contributed by atoms with Crippen LogP contribution in [0, 0.1) is 5.41 Å². The van der Waals surface area contributed by atoms with Gasteiger partial charge in [-0.05, 0) is 31.2 Å². The average Bonchev–Trinajstić information content (AvgIpc) is 3.28. The molecule has 0 aliphatic carbocycles. The minimum absolute atomic E-state index is 0.0531. The Labute approximate surface area is 208 Å². The molecule has 4 heterocycles. The normalized spacial score (nSPS) is 14.2. The van der Waals surface area contributed by atoms with Crippen LogP contribution in [0.1, 0.15) is 12.3 Å². The fourth-order valence-electron chi connectivity index (χ4n) is 4.01. The summed E-state index contributed by atoms with van der Waals surface area (Å²) >= 11 is 1.43. The molecular weight excluding hydrogens is 490 g/mol. The van der Waals surface area contributed by atoms with Gasteiger partial charge in [-0.15, -0.1) is 11.8 Å². The van der Waals surface area contributed by atoms with Crippen molar-refractivity contribution in [3.05, 3.63) is 54.5 Å². The molecule has 4 aromatic rings. The van der Waals surface area contributed by atoms with Gasteiger partial charge in [0.25, 0.3) is 5.91 Å². The predicted molar refractivity (Wildman–Crippen MR) is 130 cm³/mol. The number of aryl methyl sites for hydroxylation is 1. The summed E-state index contributed by atoms with van der Waals surface area (Å²) in [6.07, 6.45) is 6.72. The van der Waals surface area contributed by atoms with Crippen LogP contribution in [0.4, 0.5) is 14.5 Å². The van der Waals surface area contributed by atoms with E-state index in [1.54, 1.807) is 48.1 Å². The Morgan fingerprint density at radius 3 is 2.69 bits per heavy atom. The van der Waals surface area contributed by atoms with Gasteiger partial charge in [0, 0.05) is 47.9 Å². The summed E-state index contributed by atoms with van der Waals surface area (Å²) in [5.74, 6) is 0.200. The highest BCUT2D eigenvalue weighted by atomic mass is 32.2. The minimum atomic E-state index is -3.06. The lowest BCUT2D eigenvalue weighted by Crippen LogP contribution is -2.35. The molecule has 1 unspecified atom stereocenters. The maximum atomic E-state index is 13.1. The van der Waals surface area contributed by atoms with Crippen LogP contribution in [0.3, 0.4) is 0 Å². The number of amides is 1. The molecule has 0 saturated carbocycles. The van der Waals surface area contributed by atoms with E-state index in [4.69, 9.17) is 10.1 Å². The summed E-state index contributed by atoms with van der Waals surface area (Å²) in [6.45, 7) is -1.24. The number of nitrogens with zero attached hydrogens (tertiary/aromatic N) is 5. The lowest BCUT2D eigenvalue weighted by atomic mass is 10.1. The first-order valence-corrected chi connectivity index (χ1v) is 11.8. The van der Waals surface area contributed by atoms with E-state index >= 15 is 0 Å². The highest BCUT2D eigenvalue weighted by molar-refractivity contribution is 7.99. The molecule has 1 atom stereocenters. The quantitative estimate of drug-likeness (QED) is 0.389. The molecule has 3 aromatic heterocycles. The lowest BCUT2D eigenvalue weighted by Gasteiger charge is -2.26. The van der Waals surface area contributed by atoms with E-state index in [1.807, 2.05) is 25.1 Å². The molecular formula is C24H22F2N6O3S. The fourth-order valence-corrected chi connectivity index (χ4v) is 5.02. The average molecular weight is 513 g/mol. The summed E-state index contributed by atoms with van der Waals surface area (Å²) in [6, 6.07) is 7.08. The van der Waals surface area contributed by atoms with E-state index in [-0.39, 0.29) is 29.1 Å². The van der Waals surface area contributed by atoms with Crippen LogP contribution in [0.5, 0.6) is 11.5 Å². The molecule has 0 spiro atoms. The fraction of sp³-hybridized carbons (Fsp3) is 0.250. The molecule has 12 heteroatoms. The van der Waals surface area contributed by atoms with Crippen LogP contribution in [0.25, 0.3) is 22.0 Å². The summed E-state index contributed by atoms with van der Waals surface area (Å²) < 4.78 is 39.7. The number of ether oxygens (including phenoxy) is 2. The third-order valence-electron chi connectivity index (χ3n) is 5.86. The minimum Gasteiger partial charge on any atom is -0.481 e. The maximum Gasteiger partial charge on any atom is 0.387 e. The molecule has 5 rings (SSSR count). The highest BCUT2D eigenvalue weighted by Gasteiger charge is 2.25. The molecule has 36 heavy (non-hydrogen) atoms. The Balaban J connectivity index is 1.52. The number of carbonyl (C=O) groups excluding carboxylic acids is 1. The van der Waals surface area contributed by atoms with Gasteiger partial charge in [-0.3, -0.25) is 19.9 Å². The Bertz CT molecular complexity index is 1540. The van der Waals surface area contributed by atoms with Crippen molar-refractivity contribution in [2.24, 2.45) is 7.05 Å². The summed E-state index contributed by atoms with van der Waals surface area (Å²) in [5, 5.41) is 13.0. The van der Waals surface area contributed by atoms with E-state index in [0.717, 1.165) is 10.3 Å². The number of halogens is 2. The number of hydrogen-bond acceptors (Lipinski definition) is 7. The zero-order chi connectivity index (χ0) is 25.6. The Morgan fingerprint density at radius 2 is 1.97 bits per heavy atom. The van der Waals surface area contributed by atoms with Gasteiger partial charge in [-0.1, -0.05) is 0 Å². The van der Waals surface area contributed by atoms with Crippen LogP contribution in [-0.2, 0) is 11.8 Å². The number of rotatable bonds is 6. The van der Waals surface area contributed by atoms with Crippen LogP contribution in [-0.4, -0.2) is 45.5 Å². The van der Waals surface area contributed by atoms with E-state index in [0.29, 0.717) is 28.1 Å². The molecule has 186 valence electrons. The van der Waals surface area contributed by atoms with Crippen molar-refractivity contribution in [3.8, 4) is 22.6 Å². The number of hydrogen-bond donors (Lipinski definition) is 1. The second-order valence-electron chi connectivity index (χ2n) is 8.24. The van der Waals surface area contributed by atoms with Crippen molar-refractivity contribution in [3.63, 3.8) is 0 Å². The highest BCUT2D eigenvalue weighted by Crippen LogP contribution is 2.40. The first-order chi connectivity index (χ1) is 17.2. The van der Waals surface area contributed by atoms with Crippen LogP contribution >= 0.6 is 11.8 Å². The number of alkyl halides is 2. The summed E-state index contributed by atoms with van der Waals surface area (Å²) in [4.78, 5) is 18.8. The lowest BCUT2D eigenvalue weighted by molar-refractivity contribution is -0.120. The SMILES string of the molecule is CC(Sc1ccc2ncc3c(c2c1)OCC(=O)N3C)n1cc(-c2cnn(C)c2)cc(OC(F)F)c1=N. The van der Waals surface area contributed by atoms with E-state index in [1.165, 1.54) is 22.7 Å². The third-order valence-corrected chi connectivity index (χ3v) is 6.95. The van der Waals surface area contributed by atoms with Gasteiger partial charge >= 0.3 is 6.61 Å². The van der Waals surface area contributed by atoms with E-state index < -0.39 is 6.61 Å². The number of thioether (sulfide) groups is 1. The first kappa shape index (κ1) is 23.8. The van der Waals surface area contributed by atoms with Crippen molar-refractivity contribution < 1.29 is 23.0 Å². The molecule has 0 fully saturated rings. The molecule has 9 nitrogen and oxygen atoms in total. The molecule has 1 aromatic carbocycles. The van der Waals surface area contributed by atoms with Crippen molar-refractivity contribution in [2.45, 2.75) is 23.8 Å². The Kier molecular flexibility index (Phi) is 6.12. The molecule has 0 bridgehead atoms. The summed E-state index contributed by atoms with van der Waals surface area (Å²) in [7, 11) is 3.44. The number of carbonyl (C=O) groups is 1. The van der Waals surface area contributed by atoms with E-state index in [9.17, 15) is 13.6 Å². The van der Waals surface area contributed by atoms with Gasteiger partial charge in [0.2, 0.25) is 0 Å². The Hall–Kier alpha value is -3.93.